The predicted molar refractivity (Wildman–Crippen MR) is 109 cm³/mol. The Morgan fingerprint density at radius 2 is 1.83 bits per heavy atom. The van der Waals surface area contributed by atoms with E-state index in [9.17, 15) is 14.4 Å². The lowest BCUT2D eigenvalue weighted by atomic mass is 10.1. The van der Waals surface area contributed by atoms with Crippen LogP contribution >= 0.6 is 0 Å². The first kappa shape index (κ1) is 22.8. The fraction of sp³-hybridized carbons (Fsp3) is 0.667. The van der Waals surface area contributed by atoms with E-state index in [4.69, 9.17) is 4.74 Å². The average Bonchev–Trinajstić information content (AvgIpc) is 2.67. The molecule has 8 nitrogen and oxygen atoms in total. The Hall–Kier alpha value is -2.51. The number of esters is 1. The Kier molecular flexibility index (Phi) is 8.10. The van der Waals surface area contributed by atoms with Crippen LogP contribution in [0.15, 0.2) is 0 Å². The van der Waals surface area contributed by atoms with Gasteiger partial charge in [0.25, 0.3) is 5.91 Å². The summed E-state index contributed by atoms with van der Waals surface area (Å²) in [5.41, 5.74) is 0.813. The van der Waals surface area contributed by atoms with Gasteiger partial charge in [0.1, 0.15) is 17.1 Å². The second-order valence-corrected chi connectivity index (χ2v) is 7.35. The average molecular weight is 405 g/mol. The fourth-order valence-electron chi connectivity index (χ4n) is 3.64. The SMILES string of the molecule is CCCC(=O)N1CCN(C(=O)c2nc(C)nc(CCC)c2C(=O)OCC)CC1C. The van der Waals surface area contributed by atoms with Gasteiger partial charge in [-0.25, -0.2) is 14.8 Å². The zero-order valence-corrected chi connectivity index (χ0v) is 18.2. The molecule has 1 aromatic rings. The molecule has 0 aliphatic carbocycles. The largest absolute Gasteiger partial charge is 0.462 e. The third-order valence-electron chi connectivity index (χ3n) is 4.96. The van der Waals surface area contributed by atoms with E-state index in [1.165, 1.54) is 0 Å². The van der Waals surface area contributed by atoms with Crippen molar-refractivity contribution in [3.63, 3.8) is 0 Å². The van der Waals surface area contributed by atoms with Crippen LogP contribution in [0.3, 0.4) is 0 Å². The number of ether oxygens (including phenoxy) is 1. The second kappa shape index (κ2) is 10.3. The Balaban J connectivity index is 2.33. The highest BCUT2D eigenvalue weighted by atomic mass is 16.5. The Labute approximate surface area is 172 Å². The fourth-order valence-corrected chi connectivity index (χ4v) is 3.64. The molecule has 1 unspecified atom stereocenters. The van der Waals surface area contributed by atoms with Gasteiger partial charge in [-0.05, 0) is 33.6 Å². The number of hydrogen-bond donors (Lipinski definition) is 0. The minimum atomic E-state index is -0.566. The molecule has 0 saturated carbocycles. The first-order valence-electron chi connectivity index (χ1n) is 10.5. The summed E-state index contributed by atoms with van der Waals surface area (Å²) in [6.07, 6.45) is 2.66. The normalized spacial score (nSPS) is 16.7. The molecule has 0 aromatic carbocycles. The van der Waals surface area contributed by atoms with Crippen LogP contribution in [-0.4, -0.2) is 69.8 Å². The highest BCUT2D eigenvalue weighted by Crippen LogP contribution is 2.20. The summed E-state index contributed by atoms with van der Waals surface area (Å²) in [6, 6.07) is -0.0872. The number of carbonyl (C=O) groups excluding carboxylic acids is 3. The quantitative estimate of drug-likeness (QED) is 0.648. The van der Waals surface area contributed by atoms with Gasteiger partial charge in [-0.2, -0.15) is 0 Å². The van der Waals surface area contributed by atoms with Gasteiger partial charge in [0.15, 0.2) is 0 Å². The molecule has 160 valence electrons. The smallest absolute Gasteiger partial charge is 0.342 e. The zero-order valence-electron chi connectivity index (χ0n) is 18.2. The van der Waals surface area contributed by atoms with Gasteiger partial charge in [0, 0.05) is 32.1 Å². The van der Waals surface area contributed by atoms with E-state index >= 15 is 0 Å². The van der Waals surface area contributed by atoms with E-state index < -0.39 is 5.97 Å². The number of rotatable bonds is 7. The summed E-state index contributed by atoms with van der Waals surface area (Å²) in [7, 11) is 0. The van der Waals surface area contributed by atoms with Crippen molar-refractivity contribution in [1.29, 1.82) is 0 Å². The number of amides is 2. The Bertz CT molecular complexity index is 765. The monoisotopic (exact) mass is 404 g/mol. The van der Waals surface area contributed by atoms with Gasteiger partial charge in [-0.15, -0.1) is 0 Å². The van der Waals surface area contributed by atoms with E-state index in [2.05, 4.69) is 9.97 Å². The minimum Gasteiger partial charge on any atom is -0.462 e. The highest BCUT2D eigenvalue weighted by molar-refractivity contribution is 6.04. The molecule has 1 atom stereocenters. The van der Waals surface area contributed by atoms with Crippen molar-refractivity contribution in [3.8, 4) is 0 Å². The molecular weight excluding hydrogens is 372 g/mol. The number of carbonyl (C=O) groups is 3. The molecule has 0 N–H and O–H groups in total. The first-order valence-corrected chi connectivity index (χ1v) is 10.5. The molecule has 2 rings (SSSR count). The minimum absolute atomic E-state index is 0.0872. The summed E-state index contributed by atoms with van der Waals surface area (Å²) >= 11 is 0. The third-order valence-corrected chi connectivity index (χ3v) is 4.96. The van der Waals surface area contributed by atoms with Gasteiger partial charge < -0.3 is 14.5 Å². The van der Waals surface area contributed by atoms with Crippen molar-refractivity contribution in [2.24, 2.45) is 0 Å². The van der Waals surface area contributed by atoms with Gasteiger partial charge in [-0.3, -0.25) is 9.59 Å². The highest BCUT2D eigenvalue weighted by Gasteiger charge is 2.33. The maximum atomic E-state index is 13.3. The number of aryl methyl sites for hydroxylation is 2. The van der Waals surface area contributed by atoms with Crippen LogP contribution in [0.2, 0.25) is 0 Å². The Morgan fingerprint density at radius 3 is 2.41 bits per heavy atom. The lowest BCUT2D eigenvalue weighted by Crippen LogP contribution is -2.55. The molecule has 29 heavy (non-hydrogen) atoms. The van der Waals surface area contributed by atoms with Crippen LogP contribution in [0.25, 0.3) is 0 Å². The van der Waals surface area contributed by atoms with Crippen molar-refractivity contribution in [2.75, 3.05) is 26.2 Å². The number of piperazine rings is 1. The molecule has 0 spiro atoms. The molecule has 2 amide bonds. The summed E-state index contributed by atoms with van der Waals surface area (Å²) in [4.78, 5) is 50.4. The zero-order chi connectivity index (χ0) is 21.6. The maximum Gasteiger partial charge on any atom is 0.342 e. The summed E-state index contributed by atoms with van der Waals surface area (Å²) in [6.45, 7) is 10.8. The van der Waals surface area contributed by atoms with Gasteiger partial charge in [0.2, 0.25) is 5.91 Å². The van der Waals surface area contributed by atoms with E-state index in [0.29, 0.717) is 44.0 Å². The van der Waals surface area contributed by atoms with E-state index in [-0.39, 0.29) is 35.7 Å². The Morgan fingerprint density at radius 1 is 1.10 bits per heavy atom. The summed E-state index contributed by atoms with van der Waals surface area (Å²) in [5, 5.41) is 0. The van der Waals surface area contributed by atoms with E-state index in [0.717, 1.165) is 12.8 Å². The standard InChI is InChI=1S/C21H32N4O4/c1-6-9-16-18(21(28)29-8-3)19(23-15(5)22-16)20(27)24-11-12-25(14(4)13-24)17(26)10-7-2/h14H,6-13H2,1-5H3. The molecule has 1 saturated heterocycles. The molecule has 1 aliphatic rings. The maximum absolute atomic E-state index is 13.3. The van der Waals surface area contributed by atoms with Crippen molar-refractivity contribution in [3.05, 3.63) is 22.8 Å². The number of aromatic nitrogens is 2. The van der Waals surface area contributed by atoms with Crippen LogP contribution in [0.4, 0.5) is 0 Å². The van der Waals surface area contributed by atoms with Crippen LogP contribution in [0, 0.1) is 6.92 Å². The number of hydrogen-bond acceptors (Lipinski definition) is 6. The lowest BCUT2D eigenvalue weighted by Gasteiger charge is -2.40. The number of nitrogens with zero attached hydrogens (tertiary/aromatic N) is 4. The molecular formula is C21H32N4O4. The molecule has 1 aromatic heterocycles. The molecule has 1 aliphatic heterocycles. The van der Waals surface area contributed by atoms with Crippen molar-refractivity contribution < 1.29 is 19.1 Å². The second-order valence-electron chi connectivity index (χ2n) is 7.35. The lowest BCUT2D eigenvalue weighted by molar-refractivity contribution is -0.135. The molecule has 0 radical (unpaired) electrons. The van der Waals surface area contributed by atoms with Crippen LogP contribution in [-0.2, 0) is 16.0 Å². The molecule has 0 bridgehead atoms. The van der Waals surface area contributed by atoms with Crippen LogP contribution in [0.5, 0.6) is 0 Å². The third kappa shape index (κ3) is 5.31. The molecule has 2 heterocycles. The van der Waals surface area contributed by atoms with Crippen molar-refractivity contribution in [2.45, 2.75) is 66.3 Å². The summed E-state index contributed by atoms with van der Waals surface area (Å²) < 4.78 is 5.19. The van der Waals surface area contributed by atoms with Crippen molar-refractivity contribution in [1.82, 2.24) is 19.8 Å². The molecule has 1 fully saturated rings. The van der Waals surface area contributed by atoms with Crippen molar-refractivity contribution >= 4 is 17.8 Å². The summed E-state index contributed by atoms with van der Waals surface area (Å²) in [5.74, 6) is -0.313. The van der Waals surface area contributed by atoms with E-state index in [1.807, 2.05) is 25.7 Å². The van der Waals surface area contributed by atoms with Crippen LogP contribution in [0.1, 0.15) is 79.3 Å². The van der Waals surface area contributed by atoms with Crippen LogP contribution < -0.4 is 0 Å². The predicted octanol–water partition coefficient (Wildman–Crippen LogP) is 2.39. The van der Waals surface area contributed by atoms with Gasteiger partial charge in [0.05, 0.1) is 12.3 Å². The van der Waals surface area contributed by atoms with Gasteiger partial charge in [-0.1, -0.05) is 20.3 Å². The first-order chi connectivity index (χ1) is 13.8. The topological polar surface area (TPSA) is 92.7 Å². The van der Waals surface area contributed by atoms with E-state index in [1.54, 1.807) is 18.7 Å². The van der Waals surface area contributed by atoms with Gasteiger partial charge >= 0.3 is 5.97 Å². The molecule has 8 heteroatoms.